The van der Waals surface area contributed by atoms with Gasteiger partial charge in [-0.05, 0) is 56.2 Å². The van der Waals surface area contributed by atoms with Gasteiger partial charge < -0.3 is 15.5 Å². The van der Waals surface area contributed by atoms with Gasteiger partial charge in [0.2, 0.25) is 0 Å². The molecule has 1 aromatic rings. The molecule has 148 valence electrons. The molecule has 0 unspecified atom stereocenters. The van der Waals surface area contributed by atoms with Crippen LogP contribution in [0.25, 0.3) is 0 Å². The lowest BCUT2D eigenvalue weighted by molar-refractivity contribution is -0.139. The van der Waals surface area contributed by atoms with Crippen LogP contribution in [0.3, 0.4) is 0 Å². The number of hydrogen-bond donors (Lipinski definition) is 2. The molecule has 27 heavy (non-hydrogen) atoms. The maximum atomic E-state index is 12.1. The van der Waals surface area contributed by atoms with Crippen LogP contribution in [-0.2, 0) is 22.4 Å². The molecule has 3 rings (SSSR count). The van der Waals surface area contributed by atoms with Crippen LogP contribution in [0.1, 0.15) is 63.0 Å². The summed E-state index contributed by atoms with van der Waals surface area (Å²) in [6.45, 7) is 4.86. The quantitative estimate of drug-likeness (QED) is 0.618. The average molecular weight is 372 g/mol. The molecule has 1 heterocycles. The normalized spacial score (nSPS) is 17.7. The fraction of sp³-hybridized carbons (Fsp3) is 0.636. The minimum atomic E-state index is -0.505. The van der Waals surface area contributed by atoms with Crippen molar-refractivity contribution in [3.8, 4) is 0 Å². The van der Waals surface area contributed by atoms with Crippen molar-refractivity contribution in [2.45, 2.75) is 70.8 Å². The molecule has 0 radical (unpaired) electrons. The van der Waals surface area contributed by atoms with Gasteiger partial charge >= 0.3 is 11.8 Å². The Hall–Kier alpha value is -2.04. The highest BCUT2D eigenvalue weighted by Crippen LogP contribution is 2.27. The molecule has 0 saturated heterocycles. The van der Waals surface area contributed by atoms with E-state index in [1.54, 1.807) is 0 Å². The van der Waals surface area contributed by atoms with Crippen molar-refractivity contribution in [1.82, 2.24) is 10.6 Å². The third-order valence-corrected chi connectivity index (χ3v) is 5.84. The van der Waals surface area contributed by atoms with Crippen LogP contribution < -0.4 is 15.5 Å². The fourth-order valence-corrected chi connectivity index (χ4v) is 4.29. The fourth-order valence-electron chi connectivity index (χ4n) is 4.29. The highest BCUT2D eigenvalue weighted by atomic mass is 16.2. The zero-order valence-electron chi connectivity index (χ0n) is 16.6. The molecule has 0 atom stereocenters. The first-order valence-corrected chi connectivity index (χ1v) is 10.6. The van der Waals surface area contributed by atoms with Crippen molar-refractivity contribution in [2.75, 3.05) is 24.5 Å². The number of fused-ring (bicyclic) bond motifs is 1. The Balaban J connectivity index is 1.45. The average Bonchev–Trinajstić information content (AvgIpc) is 2.95. The van der Waals surface area contributed by atoms with Crippen LogP contribution >= 0.6 is 0 Å². The van der Waals surface area contributed by atoms with Gasteiger partial charge in [0.1, 0.15) is 0 Å². The van der Waals surface area contributed by atoms with Crippen molar-refractivity contribution in [3.63, 3.8) is 0 Å². The highest BCUT2D eigenvalue weighted by molar-refractivity contribution is 6.35. The van der Waals surface area contributed by atoms with Gasteiger partial charge in [-0.1, -0.05) is 37.8 Å². The Kier molecular flexibility index (Phi) is 7.13. The highest BCUT2D eigenvalue weighted by Gasteiger charge is 2.19. The Morgan fingerprint density at radius 1 is 1.07 bits per heavy atom. The molecule has 1 fully saturated rings. The van der Waals surface area contributed by atoms with E-state index < -0.39 is 11.8 Å². The van der Waals surface area contributed by atoms with Crippen molar-refractivity contribution >= 4 is 17.5 Å². The number of nitrogens with zero attached hydrogens (tertiary/aromatic N) is 1. The topological polar surface area (TPSA) is 61.4 Å². The standard InChI is InChI=1S/C22H33N3O2/c1-2-25-15-7-8-18-16-17(11-12-20(18)25)13-14-23-21(26)22(27)24-19-9-5-3-4-6-10-19/h11-12,16,19H,2-10,13-15H2,1H3,(H,23,26)(H,24,27). The minimum absolute atomic E-state index is 0.160. The third kappa shape index (κ3) is 5.47. The number of anilines is 1. The van der Waals surface area contributed by atoms with E-state index >= 15 is 0 Å². The molecule has 0 aromatic heterocycles. The molecule has 2 N–H and O–H groups in total. The first-order chi connectivity index (χ1) is 13.2. The summed E-state index contributed by atoms with van der Waals surface area (Å²) in [6.07, 6.45) is 9.79. The predicted molar refractivity (Wildman–Crippen MR) is 109 cm³/mol. The van der Waals surface area contributed by atoms with Crippen LogP contribution in [0.5, 0.6) is 0 Å². The molecular weight excluding hydrogens is 338 g/mol. The van der Waals surface area contributed by atoms with Crippen LogP contribution in [0.4, 0.5) is 5.69 Å². The first kappa shape index (κ1) is 19.7. The number of hydrogen-bond acceptors (Lipinski definition) is 3. The summed E-state index contributed by atoms with van der Waals surface area (Å²) < 4.78 is 0. The Labute approximate surface area is 162 Å². The van der Waals surface area contributed by atoms with Crippen LogP contribution in [-0.4, -0.2) is 37.5 Å². The molecular formula is C22H33N3O2. The lowest BCUT2D eigenvalue weighted by Crippen LogP contribution is -2.44. The number of carbonyl (C=O) groups is 2. The lowest BCUT2D eigenvalue weighted by Gasteiger charge is -2.30. The molecule has 2 aliphatic rings. The summed E-state index contributed by atoms with van der Waals surface area (Å²) >= 11 is 0. The van der Waals surface area contributed by atoms with Gasteiger partial charge in [-0.2, -0.15) is 0 Å². The van der Waals surface area contributed by atoms with Gasteiger partial charge in [-0.3, -0.25) is 9.59 Å². The molecule has 5 heteroatoms. The van der Waals surface area contributed by atoms with Crippen molar-refractivity contribution in [1.29, 1.82) is 0 Å². The van der Waals surface area contributed by atoms with Crippen LogP contribution in [0.2, 0.25) is 0 Å². The number of amides is 2. The van der Waals surface area contributed by atoms with Gasteiger partial charge in [0.25, 0.3) is 0 Å². The molecule has 1 saturated carbocycles. The Morgan fingerprint density at radius 2 is 1.85 bits per heavy atom. The maximum Gasteiger partial charge on any atom is 0.309 e. The second kappa shape index (κ2) is 9.77. The maximum absolute atomic E-state index is 12.1. The van der Waals surface area contributed by atoms with E-state index in [9.17, 15) is 9.59 Å². The molecule has 0 bridgehead atoms. The largest absolute Gasteiger partial charge is 0.372 e. The first-order valence-electron chi connectivity index (χ1n) is 10.6. The summed E-state index contributed by atoms with van der Waals surface area (Å²) in [6, 6.07) is 6.76. The molecule has 1 aliphatic carbocycles. The van der Waals surface area contributed by atoms with Gasteiger partial charge in [0, 0.05) is 31.4 Å². The second-order valence-electron chi connectivity index (χ2n) is 7.81. The third-order valence-electron chi connectivity index (χ3n) is 5.84. The SMILES string of the molecule is CCN1CCCc2cc(CCNC(=O)C(=O)NC3CCCCCC3)ccc21. The number of benzene rings is 1. The molecule has 0 spiro atoms. The predicted octanol–water partition coefficient (Wildman–Crippen LogP) is 2.96. The summed E-state index contributed by atoms with van der Waals surface area (Å²) in [5, 5.41) is 5.68. The number of carbonyl (C=O) groups excluding carboxylic acids is 2. The van der Waals surface area contributed by atoms with Gasteiger partial charge in [0.05, 0.1) is 0 Å². The molecule has 1 aromatic carbocycles. The van der Waals surface area contributed by atoms with E-state index in [1.165, 1.54) is 36.1 Å². The van der Waals surface area contributed by atoms with Gasteiger partial charge in [-0.15, -0.1) is 0 Å². The number of nitrogens with one attached hydrogen (secondary N) is 2. The van der Waals surface area contributed by atoms with Gasteiger partial charge in [-0.25, -0.2) is 0 Å². The van der Waals surface area contributed by atoms with E-state index in [4.69, 9.17) is 0 Å². The number of rotatable bonds is 5. The summed E-state index contributed by atoms with van der Waals surface area (Å²) in [4.78, 5) is 26.6. The van der Waals surface area contributed by atoms with Gasteiger partial charge in [0.15, 0.2) is 0 Å². The smallest absolute Gasteiger partial charge is 0.309 e. The van der Waals surface area contributed by atoms with Crippen molar-refractivity contribution in [3.05, 3.63) is 29.3 Å². The van der Waals surface area contributed by atoms with Crippen LogP contribution in [0.15, 0.2) is 18.2 Å². The van der Waals surface area contributed by atoms with Crippen molar-refractivity contribution < 1.29 is 9.59 Å². The summed E-state index contributed by atoms with van der Waals surface area (Å²) in [5.74, 6) is -0.986. The van der Waals surface area contributed by atoms with E-state index in [0.717, 1.165) is 51.6 Å². The second-order valence-corrected chi connectivity index (χ2v) is 7.81. The summed E-state index contributed by atoms with van der Waals surface area (Å²) in [7, 11) is 0. The van der Waals surface area contributed by atoms with E-state index in [-0.39, 0.29) is 6.04 Å². The Morgan fingerprint density at radius 3 is 2.59 bits per heavy atom. The molecule has 2 amide bonds. The molecule has 5 nitrogen and oxygen atoms in total. The zero-order chi connectivity index (χ0) is 19.1. The summed E-state index contributed by atoms with van der Waals surface area (Å²) in [5.41, 5.74) is 3.97. The van der Waals surface area contributed by atoms with E-state index in [2.05, 4.69) is 40.7 Å². The van der Waals surface area contributed by atoms with E-state index in [1.807, 2.05) is 0 Å². The van der Waals surface area contributed by atoms with Crippen molar-refractivity contribution in [2.24, 2.45) is 0 Å². The van der Waals surface area contributed by atoms with Crippen LogP contribution in [0, 0.1) is 0 Å². The monoisotopic (exact) mass is 371 g/mol. The number of aryl methyl sites for hydroxylation is 1. The Bertz CT molecular complexity index is 651. The minimum Gasteiger partial charge on any atom is -0.372 e. The zero-order valence-corrected chi connectivity index (χ0v) is 16.6. The van der Waals surface area contributed by atoms with E-state index in [0.29, 0.717) is 6.54 Å². The lowest BCUT2D eigenvalue weighted by atomic mass is 9.98. The molecule has 1 aliphatic heterocycles.